The summed E-state index contributed by atoms with van der Waals surface area (Å²) in [6, 6.07) is 7.24. The van der Waals surface area contributed by atoms with Gasteiger partial charge in [-0.2, -0.15) is 4.31 Å². The molecule has 1 N–H and O–H groups in total. The molecule has 4 nitrogen and oxygen atoms in total. The number of sulfonamides is 1. The largest absolute Gasteiger partial charge is 0.316 e. The number of benzene rings is 1. The maximum absolute atomic E-state index is 12.6. The van der Waals surface area contributed by atoms with E-state index < -0.39 is 10.0 Å². The highest BCUT2D eigenvalue weighted by atomic mass is 32.2. The van der Waals surface area contributed by atoms with Crippen LogP contribution in [0.5, 0.6) is 0 Å². The maximum atomic E-state index is 12.6. The Labute approximate surface area is 121 Å². The number of rotatable bonds is 4. The number of nitrogens with zero attached hydrogens (tertiary/aromatic N) is 1. The van der Waals surface area contributed by atoms with Crippen LogP contribution in [0.4, 0.5) is 0 Å². The highest BCUT2D eigenvalue weighted by molar-refractivity contribution is 7.89. The Hall–Kier alpha value is -0.910. The van der Waals surface area contributed by atoms with Crippen LogP contribution in [0.2, 0.25) is 0 Å². The highest BCUT2D eigenvalue weighted by Gasteiger charge is 2.41. The molecule has 20 heavy (non-hydrogen) atoms. The van der Waals surface area contributed by atoms with Crippen LogP contribution in [0.1, 0.15) is 24.8 Å². The summed E-state index contributed by atoms with van der Waals surface area (Å²) in [6.45, 7) is 2.19. The fourth-order valence-corrected chi connectivity index (χ4v) is 5.07. The van der Waals surface area contributed by atoms with Gasteiger partial charge in [-0.25, -0.2) is 8.42 Å². The molecule has 110 valence electrons. The molecule has 1 saturated carbocycles. The molecule has 1 aromatic rings. The van der Waals surface area contributed by atoms with E-state index in [0.717, 1.165) is 12.1 Å². The molecule has 2 atom stereocenters. The van der Waals surface area contributed by atoms with Gasteiger partial charge in [0.25, 0.3) is 0 Å². The minimum atomic E-state index is -3.30. The first-order valence-corrected chi connectivity index (χ1v) is 8.79. The molecule has 1 aliphatic heterocycles. The van der Waals surface area contributed by atoms with Crippen LogP contribution in [0.3, 0.4) is 0 Å². The summed E-state index contributed by atoms with van der Waals surface area (Å²) < 4.78 is 27.0. The van der Waals surface area contributed by atoms with Crippen LogP contribution >= 0.6 is 0 Å². The third kappa shape index (κ3) is 2.50. The van der Waals surface area contributed by atoms with Gasteiger partial charge in [0, 0.05) is 19.6 Å². The summed E-state index contributed by atoms with van der Waals surface area (Å²) >= 11 is 0. The Morgan fingerprint density at radius 2 is 1.75 bits per heavy atom. The van der Waals surface area contributed by atoms with Gasteiger partial charge >= 0.3 is 0 Å². The van der Waals surface area contributed by atoms with E-state index in [-0.39, 0.29) is 0 Å². The molecule has 0 spiro atoms. The van der Waals surface area contributed by atoms with Crippen LogP contribution in [-0.2, 0) is 16.6 Å². The van der Waals surface area contributed by atoms with Gasteiger partial charge in [0.1, 0.15) is 0 Å². The van der Waals surface area contributed by atoms with Crippen LogP contribution in [-0.4, -0.2) is 32.9 Å². The lowest BCUT2D eigenvalue weighted by atomic mass is 10.0. The predicted molar refractivity (Wildman–Crippen MR) is 78.8 cm³/mol. The molecule has 2 fully saturated rings. The molecule has 1 saturated heterocycles. The Kier molecular flexibility index (Phi) is 3.84. The second-order valence-electron chi connectivity index (χ2n) is 5.95. The fraction of sp³-hybridized carbons (Fsp3) is 0.600. The first-order valence-electron chi connectivity index (χ1n) is 7.35. The first-order chi connectivity index (χ1) is 9.61. The molecule has 0 amide bonds. The van der Waals surface area contributed by atoms with Crippen molar-refractivity contribution in [2.24, 2.45) is 11.8 Å². The van der Waals surface area contributed by atoms with Crippen molar-refractivity contribution in [3.63, 3.8) is 0 Å². The maximum Gasteiger partial charge on any atom is 0.243 e. The summed E-state index contributed by atoms with van der Waals surface area (Å²) in [6.07, 6.45) is 3.65. The van der Waals surface area contributed by atoms with Gasteiger partial charge in [-0.3, -0.25) is 0 Å². The average molecular weight is 294 g/mol. The third-order valence-electron chi connectivity index (χ3n) is 4.63. The van der Waals surface area contributed by atoms with Crippen molar-refractivity contribution in [3.05, 3.63) is 29.8 Å². The molecule has 1 aromatic carbocycles. The quantitative estimate of drug-likeness (QED) is 0.921. The standard InChI is InChI=1S/C15H22N2O2S/c1-16-9-12-5-7-15(8-6-12)20(18,19)17-10-13-3-2-4-14(13)11-17/h5-8,13-14,16H,2-4,9-11H2,1H3. The second-order valence-corrected chi connectivity index (χ2v) is 7.89. The van der Waals surface area contributed by atoms with Gasteiger partial charge in [0.05, 0.1) is 4.90 Å². The van der Waals surface area contributed by atoms with Crippen molar-refractivity contribution < 1.29 is 8.42 Å². The normalized spacial score (nSPS) is 26.9. The molecule has 0 aromatic heterocycles. The van der Waals surface area contributed by atoms with E-state index in [4.69, 9.17) is 0 Å². The van der Waals surface area contributed by atoms with Gasteiger partial charge in [0.2, 0.25) is 10.0 Å². The van der Waals surface area contributed by atoms with Gasteiger partial charge < -0.3 is 5.32 Å². The van der Waals surface area contributed by atoms with Gasteiger partial charge in [-0.15, -0.1) is 0 Å². The third-order valence-corrected chi connectivity index (χ3v) is 6.48. The van der Waals surface area contributed by atoms with Crippen LogP contribution in [0.25, 0.3) is 0 Å². The van der Waals surface area contributed by atoms with Gasteiger partial charge in [-0.1, -0.05) is 18.6 Å². The monoisotopic (exact) mass is 294 g/mol. The molecular weight excluding hydrogens is 272 g/mol. The number of fused-ring (bicyclic) bond motifs is 1. The van der Waals surface area contributed by atoms with E-state index in [0.29, 0.717) is 29.8 Å². The summed E-state index contributed by atoms with van der Waals surface area (Å²) in [7, 11) is -1.42. The van der Waals surface area contributed by atoms with Crippen LogP contribution < -0.4 is 5.32 Å². The van der Waals surface area contributed by atoms with E-state index in [9.17, 15) is 8.42 Å². The number of hydrogen-bond donors (Lipinski definition) is 1. The molecule has 0 radical (unpaired) electrons. The lowest BCUT2D eigenvalue weighted by Crippen LogP contribution is -2.29. The van der Waals surface area contributed by atoms with Crippen molar-refractivity contribution >= 4 is 10.0 Å². The number of hydrogen-bond acceptors (Lipinski definition) is 3. The highest BCUT2D eigenvalue weighted by Crippen LogP contribution is 2.39. The van der Waals surface area contributed by atoms with E-state index in [1.807, 2.05) is 19.2 Å². The molecule has 3 rings (SSSR count). The van der Waals surface area contributed by atoms with Gasteiger partial charge in [-0.05, 0) is 49.4 Å². The van der Waals surface area contributed by atoms with Crippen molar-refractivity contribution in [1.29, 1.82) is 0 Å². The topological polar surface area (TPSA) is 49.4 Å². The summed E-state index contributed by atoms with van der Waals surface area (Å²) in [4.78, 5) is 0.428. The van der Waals surface area contributed by atoms with E-state index in [1.165, 1.54) is 19.3 Å². The molecule has 1 heterocycles. The van der Waals surface area contributed by atoms with E-state index >= 15 is 0 Å². The van der Waals surface area contributed by atoms with Crippen molar-refractivity contribution in [1.82, 2.24) is 9.62 Å². The van der Waals surface area contributed by atoms with Crippen molar-refractivity contribution in [2.45, 2.75) is 30.7 Å². The van der Waals surface area contributed by atoms with Crippen molar-refractivity contribution in [3.8, 4) is 0 Å². The summed E-state index contributed by atoms with van der Waals surface area (Å²) in [5.74, 6) is 1.18. The summed E-state index contributed by atoms with van der Waals surface area (Å²) in [5, 5.41) is 3.06. The van der Waals surface area contributed by atoms with Gasteiger partial charge in [0.15, 0.2) is 0 Å². The molecule has 5 heteroatoms. The molecule has 2 aliphatic rings. The number of nitrogens with one attached hydrogen (secondary N) is 1. The van der Waals surface area contributed by atoms with E-state index in [2.05, 4.69) is 5.32 Å². The van der Waals surface area contributed by atoms with Crippen molar-refractivity contribution in [2.75, 3.05) is 20.1 Å². The lowest BCUT2D eigenvalue weighted by Gasteiger charge is -2.17. The predicted octanol–water partition coefficient (Wildman–Crippen LogP) is 1.83. The zero-order valence-electron chi connectivity index (χ0n) is 11.9. The Morgan fingerprint density at radius 3 is 2.30 bits per heavy atom. The van der Waals surface area contributed by atoms with Crippen LogP contribution in [0.15, 0.2) is 29.2 Å². The fourth-order valence-electron chi connectivity index (χ4n) is 3.52. The molecule has 1 aliphatic carbocycles. The minimum absolute atomic E-state index is 0.428. The van der Waals surface area contributed by atoms with E-state index in [1.54, 1.807) is 16.4 Å². The Bertz CT molecular complexity index is 556. The first kappa shape index (κ1) is 14.0. The molecule has 2 unspecified atom stereocenters. The Balaban J connectivity index is 1.78. The lowest BCUT2D eigenvalue weighted by molar-refractivity contribution is 0.445. The van der Waals surface area contributed by atoms with Crippen LogP contribution in [0, 0.1) is 11.8 Å². The minimum Gasteiger partial charge on any atom is -0.316 e. The molecule has 0 bridgehead atoms. The SMILES string of the molecule is CNCc1ccc(S(=O)(=O)N2CC3CCCC3C2)cc1. The zero-order chi connectivity index (χ0) is 14.2. The molecular formula is C15H22N2O2S. The summed E-state index contributed by atoms with van der Waals surface area (Å²) in [5.41, 5.74) is 1.10. The smallest absolute Gasteiger partial charge is 0.243 e. The zero-order valence-corrected chi connectivity index (χ0v) is 12.7. The Morgan fingerprint density at radius 1 is 1.15 bits per heavy atom. The average Bonchev–Trinajstić information content (AvgIpc) is 3.00. The second kappa shape index (κ2) is 5.47.